The van der Waals surface area contributed by atoms with Crippen LogP contribution in [0.15, 0.2) is 35.6 Å². The number of nitrogens with zero attached hydrogens (tertiary/aromatic N) is 4. The zero-order valence-electron chi connectivity index (χ0n) is 15.1. The minimum Gasteiger partial charge on any atom is -0.399 e. The van der Waals surface area contributed by atoms with Crippen molar-refractivity contribution in [3.05, 3.63) is 53.0 Å². The molecule has 1 fully saturated rings. The van der Waals surface area contributed by atoms with E-state index in [0.29, 0.717) is 11.4 Å². The summed E-state index contributed by atoms with van der Waals surface area (Å²) in [6, 6.07) is 7.28. The first kappa shape index (κ1) is 18.5. The van der Waals surface area contributed by atoms with E-state index in [9.17, 15) is 4.79 Å². The number of rotatable bonds is 6. The number of hydrogen-bond donors (Lipinski definition) is 2. The second-order valence-corrected chi connectivity index (χ2v) is 6.45. The van der Waals surface area contributed by atoms with Gasteiger partial charge in [0.2, 0.25) is 6.04 Å². The molecule has 3 rings (SSSR count). The van der Waals surface area contributed by atoms with Gasteiger partial charge in [-0.3, -0.25) is 9.48 Å². The average molecular weight is 366 g/mol. The SMILES string of the molecule is [C-]#[N+][C@H]1CCCC[C@@H]1n1cc(C(N)=O)c(Nc2ccc(/C=N\OC)cc2)n1. The van der Waals surface area contributed by atoms with Gasteiger partial charge in [-0.15, -0.1) is 0 Å². The third-order valence-corrected chi connectivity index (χ3v) is 4.68. The summed E-state index contributed by atoms with van der Waals surface area (Å²) in [5.74, 6) is -0.155. The average Bonchev–Trinajstić information content (AvgIpc) is 3.11. The van der Waals surface area contributed by atoms with Gasteiger partial charge < -0.3 is 20.7 Å². The molecule has 1 aliphatic rings. The van der Waals surface area contributed by atoms with Gasteiger partial charge in [-0.2, -0.15) is 5.10 Å². The summed E-state index contributed by atoms with van der Waals surface area (Å²) in [4.78, 5) is 20.3. The number of benzene rings is 1. The van der Waals surface area contributed by atoms with Gasteiger partial charge in [-0.1, -0.05) is 23.7 Å². The van der Waals surface area contributed by atoms with Crippen molar-refractivity contribution >= 4 is 23.6 Å². The van der Waals surface area contributed by atoms with E-state index in [1.54, 1.807) is 17.1 Å². The lowest BCUT2D eigenvalue weighted by atomic mass is 9.91. The third kappa shape index (κ3) is 4.26. The van der Waals surface area contributed by atoms with Crippen LogP contribution < -0.4 is 11.1 Å². The number of aromatic nitrogens is 2. The van der Waals surface area contributed by atoms with Gasteiger partial charge in [0.15, 0.2) is 5.82 Å². The smallest absolute Gasteiger partial charge is 0.254 e. The van der Waals surface area contributed by atoms with Crippen molar-refractivity contribution in [1.29, 1.82) is 0 Å². The van der Waals surface area contributed by atoms with Crippen molar-refractivity contribution in [2.75, 3.05) is 12.4 Å². The molecule has 0 radical (unpaired) electrons. The minimum atomic E-state index is -0.553. The lowest BCUT2D eigenvalue weighted by Crippen LogP contribution is -2.25. The first-order valence-electron chi connectivity index (χ1n) is 8.81. The van der Waals surface area contributed by atoms with Crippen LogP contribution in [0, 0.1) is 6.57 Å². The Bertz CT molecular complexity index is 865. The van der Waals surface area contributed by atoms with E-state index in [-0.39, 0.29) is 12.1 Å². The Kier molecular flexibility index (Phi) is 5.71. The summed E-state index contributed by atoms with van der Waals surface area (Å²) in [6.45, 7) is 7.43. The van der Waals surface area contributed by atoms with Crippen LogP contribution in [-0.4, -0.2) is 35.1 Å². The van der Waals surface area contributed by atoms with E-state index in [1.165, 1.54) is 7.11 Å². The number of anilines is 2. The summed E-state index contributed by atoms with van der Waals surface area (Å²) in [5.41, 5.74) is 7.49. The normalized spacial score (nSPS) is 19.6. The Balaban J connectivity index is 1.84. The van der Waals surface area contributed by atoms with Crippen molar-refractivity contribution in [1.82, 2.24) is 9.78 Å². The van der Waals surface area contributed by atoms with Crippen molar-refractivity contribution in [2.45, 2.75) is 37.8 Å². The fourth-order valence-corrected chi connectivity index (χ4v) is 3.29. The molecular formula is C19H22N6O2. The molecule has 2 aromatic rings. The molecule has 8 heteroatoms. The van der Waals surface area contributed by atoms with E-state index < -0.39 is 5.91 Å². The zero-order valence-corrected chi connectivity index (χ0v) is 15.1. The highest BCUT2D eigenvalue weighted by Gasteiger charge is 2.32. The number of nitrogens with one attached hydrogen (secondary N) is 1. The molecule has 1 amide bonds. The predicted molar refractivity (Wildman–Crippen MR) is 103 cm³/mol. The van der Waals surface area contributed by atoms with Gasteiger partial charge in [-0.25, -0.2) is 6.57 Å². The number of oxime groups is 1. The van der Waals surface area contributed by atoms with E-state index in [4.69, 9.17) is 12.3 Å². The standard InChI is InChI=1S/C19H22N6O2/c1-21-16-5-3-4-6-17(16)25-12-15(18(20)26)19(24-25)23-14-9-7-13(8-10-14)11-22-27-2/h7-12,16-17H,3-6H2,2H3,(H2,20,26)(H,23,24)/b22-11-/t16-,17-/m0/s1. The Labute approximate surface area is 157 Å². The van der Waals surface area contributed by atoms with E-state index in [0.717, 1.165) is 36.9 Å². The summed E-state index contributed by atoms with van der Waals surface area (Å²) < 4.78 is 1.73. The Morgan fingerprint density at radius 2 is 2.15 bits per heavy atom. The van der Waals surface area contributed by atoms with E-state index in [1.807, 2.05) is 24.3 Å². The molecular weight excluding hydrogens is 344 g/mol. The quantitative estimate of drug-likeness (QED) is 0.466. The molecule has 0 aliphatic heterocycles. The largest absolute Gasteiger partial charge is 0.399 e. The van der Waals surface area contributed by atoms with E-state index in [2.05, 4.69) is 25.3 Å². The van der Waals surface area contributed by atoms with Crippen LogP contribution in [0.1, 0.15) is 47.6 Å². The highest BCUT2D eigenvalue weighted by atomic mass is 16.6. The summed E-state index contributed by atoms with van der Waals surface area (Å²) in [5, 5.41) is 11.4. The van der Waals surface area contributed by atoms with Crippen LogP contribution in [0.4, 0.5) is 11.5 Å². The van der Waals surface area contributed by atoms with Gasteiger partial charge >= 0.3 is 0 Å². The number of amides is 1. The van der Waals surface area contributed by atoms with Gasteiger partial charge in [0, 0.05) is 18.3 Å². The maximum absolute atomic E-state index is 11.9. The molecule has 2 atom stereocenters. The molecule has 1 aliphatic carbocycles. The Hall–Kier alpha value is -3.34. The second kappa shape index (κ2) is 8.36. The molecule has 8 nitrogen and oxygen atoms in total. The molecule has 1 aromatic carbocycles. The maximum atomic E-state index is 11.9. The molecule has 0 bridgehead atoms. The maximum Gasteiger partial charge on any atom is 0.254 e. The first-order valence-corrected chi connectivity index (χ1v) is 8.81. The predicted octanol–water partition coefficient (Wildman–Crippen LogP) is 3.11. The van der Waals surface area contributed by atoms with Crippen molar-refractivity contribution in [3.8, 4) is 0 Å². The highest BCUT2D eigenvalue weighted by Crippen LogP contribution is 2.32. The van der Waals surface area contributed by atoms with Crippen LogP contribution in [0.5, 0.6) is 0 Å². The molecule has 0 spiro atoms. The van der Waals surface area contributed by atoms with Crippen molar-refractivity contribution in [2.24, 2.45) is 10.9 Å². The molecule has 0 unspecified atom stereocenters. The monoisotopic (exact) mass is 366 g/mol. The lowest BCUT2D eigenvalue weighted by Gasteiger charge is -2.23. The number of carbonyl (C=O) groups excluding carboxylic acids is 1. The van der Waals surface area contributed by atoms with Gasteiger partial charge in [0.05, 0.1) is 6.21 Å². The molecule has 27 heavy (non-hydrogen) atoms. The van der Waals surface area contributed by atoms with E-state index >= 15 is 0 Å². The zero-order chi connectivity index (χ0) is 19.2. The van der Waals surface area contributed by atoms with Crippen molar-refractivity contribution < 1.29 is 9.63 Å². The van der Waals surface area contributed by atoms with Crippen LogP contribution in [0.25, 0.3) is 4.85 Å². The lowest BCUT2D eigenvalue weighted by molar-refractivity contribution is 0.100. The van der Waals surface area contributed by atoms with Crippen LogP contribution >= 0.6 is 0 Å². The summed E-state index contributed by atoms with van der Waals surface area (Å²) in [6.07, 6.45) is 7.08. The van der Waals surface area contributed by atoms with Gasteiger partial charge in [-0.05, 0) is 30.5 Å². The van der Waals surface area contributed by atoms with Gasteiger partial charge in [0.1, 0.15) is 18.7 Å². The molecule has 1 saturated carbocycles. The number of nitrogens with two attached hydrogens (primary N) is 1. The van der Waals surface area contributed by atoms with Crippen molar-refractivity contribution in [3.63, 3.8) is 0 Å². The fraction of sp³-hybridized carbons (Fsp3) is 0.368. The number of primary amides is 1. The molecule has 1 heterocycles. The number of hydrogen-bond acceptors (Lipinski definition) is 5. The fourth-order valence-electron chi connectivity index (χ4n) is 3.29. The first-order chi connectivity index (χ1) is 13.1. The van der Waals surface area contributed by atoms with Crippen LogP contribution in [0.2, 0.25) is 0 Å². The summed E-state index contributed by atoms with van der Waals surface area (Å²) >= 11 is 0. The highest BCUT2D eigenvalue weighted by molar-refractivity contribution is 5.98. The van der Waals surface area contributed by atoms with Crippen LogP contribution in [0.3, 0.4) is 0 Å². The molecule has 140 valence electrons. The van der Waals surface area contributed by atoms with Crippen LogP contribution in [-0.2, 0) is 4.84 Å². The molecule has 0 saturated heterocycles. The minimum absolute atomic E-state index is 0.0301. The summed E-state index contributed by atoms with van der Waals surface area (Å²) in [7, 11) is 1.49. The Morgan fingerprint density at radius 3 is 2.81 bits per heavy atom. The molecule has 1 aromatic heterocycles. The topological polar surface area (TPSA) is 98.9 Å². The second-order valence-electron chi connectivity index (χ2n) is 6.45. The third-order valence-electron chi connectivity index (χ3n) is 4.68. The number of carbonyl (C=O) groups is 1. The molecule has 3 N–H and O–H groups in total. The van der Waals surface area contributed by atoms with Gasteiger partial charge in [0.25, 0.3) is 5.91 Å². The Morgan fingerprint density at radius 1 is 1.41 bits per heavy atom.